The Labute approximate surface area is 133 Å². The highest BCUT2D eigenvalue weighted by Gasteiger charge is 2.36. The quantitative estimate of drug-likeness (QED) is 0.730. The van der Waals surface area contributed by atoms with Crippen molar-refractivity contribution in [2.75, 3.05) is 13.2 Å². The summed E-state index contributed by atoms with van der Waals surface area (Å²) >= 11 is 0. The van der Waals surface area contributed by atoms with Crippen LogP contribution in [0.2, 0.25) is 0 Å². The molecule has 0 amide bonds. The molecule has 0 aliphatic rings. The molecule has 122 valence electrons. The number of esters is 2. The zero-order chi connectivity index (χ0) is 19.9. The van der Waals surface area contributed by atoms with Crippen LogP contribution in [0, 0.1) is 16.2 Å². The predicted octanol–water partition coefficient (Wildman–Crippen LogP) is 2.76. The molecule has 0 aromatic rings. The molecule has 0 spiro atoms. The number of hydrogen-bond donors (Lipinski definition) is 0. The van der Waals surface area contributed by atoms with E-state index >= 15 is 0 Å². The third kappa shape index (κ3) is 6.27. The van der Waals surface area contributed by atoms with Crippen LogP contribution in [0.25, 0.3) is 0 Å². The lowest BCUT2D eigenvalue weighted by molar-refractivity contribution is -0.165. The van der Waals surface area contributed by atoms with Gasteiger partial charge in [0.1, 0.15) is 19.0 Å². The maximum absolute atomic E-state index is 12.1. The van der Waals surface area contributed by atoms with E-state index < -0.39 is 28.2 Å². The van der Waals surface area contributed by atoms with Crippen molar-refractivity contribution in [1.82, 2.24) is 0 Å². The number of carbonyl (C=O) groups is 3. The Balaban J connectivity index is 5.01. The maximum Gasteiger partial charge on any atom is 0.311 e. The van der Waals surface area contributed by atoms with Gasteiger partial charge in [0.25, 0.3) is 0 Å². The minimum absolute atomic E-state index is 0.313. The van der Waals surface area contributed by atoms with E-state index in [4.69, 9.17) is 15.0 Å². The highest BCUT2D eigenvalue weighted by Crippen LogP contribution is 2.24. The van der Waals surface area contributed by atoms with Gasteiger partial charge in [-0.3, -0.25) is 14.4 Å². The van der Waals surface area contributed by atoms with Gasteiger partial charge in [-0.05, 0) is 55.3 Å². The Hall–Kier alpha value is -1.39. The molecule has 0 atom stereocenters. The van der Waals surface area contributed by atoms with Crippen LogP contribution in [0.4, 0.5) is 0 Å². The van der Waals surface area contributed by atoms with Crippen molar-refractivity contribution in [3.8, 4) is 0 Å². The summed E-state index contributed by atoms with van der Waals surface area (Å²) in [4.78, 5) is 36.0. The van der Waals surface area contributed by atoms with Gasteiger partial charge in [-0.15, -0.1) is 0 Å². The van der Waals surface area contributed by atoms with Gasteiger partial charge in [-0.25, -0.2) is 0 Å². The average Bonchev–Trinajstić information content (AvgIpc) is 2.62. The van der Waals surface area contributed by atoms with Gasteiger partial charge in [-0.1, -0.05) is 0 Å². The molecule has 0 fully saturated rings. The Bertz CT molecular complexity index is 453. The van der Waals surface area contributed by atoms with Crippen molar-refractivity contribution >= 4 is 17.7 Å². The largest absolute Gasteiger partial charge is 0.464 e. The standard InChI is InChI=1S/C16H28O5/c1-11(17)16(8,9-20-12(18)14(2,3)4)10-21-13(19)15(5,6)7/h9-10H2,1-8H3/i2T,3T,5T,6T. The van der Waals surface area contributed by atoms with Gasteiger partial charge in [0.2, 0.25) is 0 Å². The van der Waals surface area contributed by atoms with Gasteiger partial charge < -0.3 is 9.47 Å². The summed E-state index contributed by atoms with van der Waals surface area (Å²) in [5.74, 6) is -1.86. The molecule has 5 heteroatoms. The Morgan fingerprint density at radius 3 is 1.43 bits per heavy atom. The first kappa shape index (κ1) is 13.3. The molecular weight excluding hydrogens is 272 g/mol. The van der Waals surface area contributed by atoms with E-state index in [0.717, 1.165) is 0 Å². The van der Waals surface area contributed by atoms with E-state index in [1.165, 1.54) is 27.7 Å². The zero-order valence-corrected chi connectivity index (χ0v) is 13.3. The number of rotatable bonds is 5. The van der Waals surface area contributed by atoms with E-state index in [2.05, 4.69) is 0 Å². The van der Waals surface area contributed by atoms with Gasteiger partial charge in [0.15, 0.2) is 0 Å². The van der Waals surface area contributed by atoms with Crippen molar-refractivity contribution in [3.05, 3.63) is 0 Å². The van der Waals surface area contributed by atoms with Crippen LogP contribution in [-0.4, -0.2) is 30.9 Å². The third-order valence-corrected chi connectivity index (χ3v) is 2.88. The first-order chi connectivity index (χ1) is 11.4. The Morgan fingerprint density at radius 2 is 1.19 bits per heavy atom. The summed E-state index contributed by atoms with van der Waals surface area (Å²) in [5.41, 5.74) is -3.83. The molecule has 0 bridgehead atoms. The monoisotopic (exact) mass is 308 g/mol. The number of hydrogen-bond acceptors (Lipinski definition) is 5. The van der Waals surface area contributed by atoms with E-state index in [9.17, 15) is 14.4 Å². The molecule has 0 saturated carbocycles. The molecule has 0 radical (unpaired) electrons. The van der Waals surface area contributed by atoms with Gasteiger partial charge in [0, 0.05) is 5.48 Å². The third-order valence-electron chi connectivity index (χ3n) is 2.88. The van der Waals surface area contributed by atoms with Crippen molar-refractivity contribution in [1.29, 1.82) is 0 Å². The molecule has 0 aromatic carbocycles. The van der Waals surface area contributed by atoms with Crippen LogP contribution in [0.5, 0.6) is 0 Å². The second-order valence-corrected chi connectivity index (χ2v) is 6.39. The summed E-state index contributed by atoms with van der Waals surface area (Å²) in [6, 6.07) is 0. The lowest BCUT2D eigenvalue weighted by Crippen LogP contribution is -2.40. The van der Waals surface area contributed by atoms with Gasteiger partial charge in [0.05, 0.1) is 16.2 Å². The van der Waals surface area contributed by atoms with Crippen LogP contribution in [0.3, 0.4) is 0 Å². The molecule has 0 saturated heterocycles. The van der Waals surface area contributed by atoms with Crippen molar-refractivity contribution in [3.63, 3.8) is 0 Å². The topological polar surface area (TPSA) is 69.7 Å². The van der Waals surface area contributed by atoms with E-state index in [1.807, 2.05) is 0 Å². The van der Waals surface area contributed by atoms with E-state index in [0.29, 0.717) is 0 Å². The highest BCUT2D eigenvalue weighted by molar-refractivity contribution is 5.83. The molecule has 0 aromatic heterocycles. The predicted molar refractivity (Wildman–Crippen MR) is 79.6 cm³/mol. The molecule has 5 nitrogen and oxygen atoms in total. The van der Waals surface area contributed by atoms with Crippen molar-refractivity contribution in [2.45, 2.75) is 55.3 Å². The molecule has 0 aliphatic carbocycles. The normalized spacial score (nSPS) is 15.2. The van der Waals surface area contributed by atoms with Gasteiger partial charge in [-0.2, -0.15) is 0 Å². The molecule has 0 N–H and O–H groups in total. The molecule has 0 heterocycles. The molecule has 0 unspecified atom stereocenters. The fourth-order valence-corrected chi connectivity index (χ4v) is 1.04. The number of Topliss-reactive ketones (excluding diaryl/α,β-unsaturated/α-hetero) is 1. The van der Waals surface area contributed by atoms with Crippen molar-refractivity contribution < 1.29 is 29.3 Å². The summed E-state index contributed by atoms with van der Waals surface area (Å²) in [6.45, 7) is 3.70. The Kier molecular flexibility index (Phi) is 4.16. The lowest BCUT2D eigenvalue weighted by Gasteiger charge is -2.29. The molecule has 0 aliphatic heterocycles. The molecule has 0 rings (SSSR count). The first-order valence-electron chi connectivity index (χ1n) is 9.30. The zero-order valence-electron chi connectivity index (χ0n) is 17.3. The second-order valence-electron chi connectivity index (χ2n) is 6.39. The summed E-state index contributed by atoms with van der Waals surface area (Å²) in [6.07, 6.45) is 0. The van der Waals surface area contributed by atoms with E-state index in [-0.39, 0.29) is 46.6 Å². The fourth-order valence-electron chi connectivity index (χ4n) is 1.04. The number of ether oxygens (including phenoxy) is 2. The van der Waals surface area contributed by atoms with Crippen LogP contribution in [-0.2, 0) is 23.9 Å². The number of carbonyl (C=O) groups excluding carboxylic acids is 3. The minimum Gasteiger partial charge on any atom is -0.464 e. The van der Waals surface area contributed by atoms with Gasteiger partial charge >= 0.3 is 11.9 Å². The number of ketones is 1. The Morgan fingerprint density at radius 1 is 0.857 bits per heavy atom. The first-order valence-corrected chi connectivity index (χ1v) is 6.47. The summed E-state index contributed by atoms with van der Waals surface area (Å²) in [5, 5.41) is 0. The minimum atomic E-state index is -1.28. The van der Waals surface area contributed by atoms with Crippen LogP contribution >= 0.6 is 0 Å². The highest BCUT2D eigenvalue weighted by atomic mass is 16.5. The van der Waals surface area contributed by atoms with Crippen LogP contribution in [0.15, 0.2) is 0 Å². The average molecular weight is 308 g/mol. The molecule has 21 heavy (non-hydrogen) atoms. The summed E-state index contributed by atoms with van der Waals surface area (Å²) < 4.78 is 39.7. The van der Waals surface area contributed by atoms with Crippen LogP contribution in [0.1, 0.15) is 60.8 Å². The van der Waals surface area contributed by atoms with Crippen LogP contribution < -0.4 is 0 Å². The smallest absolute Gasteiger partial charge is 0.311 e. The fraction of sp³-hybridized carbons (Fsp3) is 0.812. The summed E-state index contributed by atoms with van der Waals surface area (Å²) in [7, 11) is 0. The van der Waals surface area contributed by atoms with Crippen molar-refractivity contribution in [2.24, 2.45) is 16.2 Å². The van der Waals surface area contributed by atoms with E-state index in [1.54, 1.807) is 0 Å². The molecular formula is C16H28O5. The SMILES string of the molecule is [3H]CC(C)(C[3H])C(=O)OCC(C)(COC(=O)C(C)(C[3H])C[3H])C(C)=O. The maximum atomic E-state index is 12.1. The lowest BCUT2D eigenvalue weighted by atomic mass is 9.88. The second kappa shape index (κ2) is 6.58.